The van der Waals surface area contributed by atoms with E-state index in [1.165, 1.54) is 0 Å². The lowest BCUT2D eigenvalue weighted by Crippen LogP contribution is -2.32. The molecule has 0 radical (unpaired) electrons. The molecule has 2 aromatic carbocycles. The van der Waals surface area contributed by atoms with Crippen molar-refractivity contribution in [1.29, 1.82) is 0 Å². The van der Waals surface area contributed by atoms with Crippen molar-refractivity contribution in [3.63, 3.8) is 0 Å². The number of anilines is 1. The zero-order valence-corrected chi connectivity index (χ0v) is 18.5. The van der Waals surface area contributed by atoms with Crippen LogP contribution in [0.15, 0.2) is 35.3 Å². The average Bonchev–Trinajstić information content (AvgIpc) is 2.78. The van der Waals surface area contributed by atoms with E-state index < -0.39 is 0 Å². The van der Waals surface area contributed by atoms with Gasteiger partial charge in [0.25, 0.3) is 0 Å². The number of nitrogens with zero attached hydrogens (tertiary/aromatic N) is 1. The Balaban J connectivity index is 2.05. The van der Waals surface area contributed by atoms with E-state index in [-0.39, 0.29) is 0 Å². The summed E-state index contributed by atoms with van der Waals surface area (Å²) in [5.74, 6) is 4.10. The summed E-state index contributed by atoms with van der Waals surface area (Å²) < 4.78 is 27.3. The van der Waals surface area contributed by atoms with E-state index in [1.54, 1.807) is 35.5 Å². The predicted octanol–water partition coefficient (Wildman–Crippen LogP) is 3.35. The molecule has 0 fully saturated rings. The SMILES string of the molecule is CCOc1ccc(NC(=NC)NCCc2c(OC)cc(OC)cc2OC)cc1OC. The van der Waals surface area contributed by atoms with Gasteiger partial charge in [-0.25, -0.2) is 0 Å². The molecular weight excluding hydrogens is 386 g/mol. The van der Waals surface area contributed by atoms with Crippen molar-refractivity contribution in [3.8, 4) is 28.7 Å². The largest absolute Gasteiger partial charge is 0.496 e. The Bertz CT molecular complexity index is 830. The van der Waals surface area contributed by atoms with Crippen molar-refractivity contribution >= 4 is 11.6 Å². The molecule has 30 heavy (non-hydrogen) atoms. The summed E-state index contributed by atoms with van der Waals surface area (Å²) in [7, 11) is 8.21. The summed E-state index contributed by atoms with van der Waals surface area (Å²) in [5, 5.41) is 6.55. The highest BCUT2D eigenvalue weighted by Crippen LogP contribution is 2.34. The van der Waals surface area contributed by atoms with Gasteiger partial charge in [-0.05, 0) is 25.5 Å². The van der Waals surface area contributed by atoms with Gasteiger partial charge in [0, 0.05) is 43.0 Å². The van der Waals surface area contributed by atoms with Crippen LogP contribution in [-0.4, -0.2) is 54.6 Å². The van der Waals surface area contributed by atoms with E-state index in [1.807, 2.05) is 37.3 Å². The van der Waals surface area contributed by atoms with Crippen molar-refractivity contribution in [2.75, 3.05) is 54.0 Å². The zero-order valence-electron chi connectivity index (χ0n) is 18.5. The van der Waals surface area contributed by atoms with Gasteiger partial charge in [0.1, 0.15) is 17.2 Å². The van der Waals surface area contributed by atoms with Crippen LogP contribution >= 0.6 is 0 Å². The molecule has 8 heteroatoms. The number of methoxy groups -OCH3 is 4. The normalized spacial score (nSPS) is 10.9. The van der Waals surface area contributed by atoms with E-state index in [0.29, 0.717) is 54.3 Å². The fourth-order valence-electron chi connectivity index (χ4n) is 2.97. The van der Waals surface area contributed by atoms with Crippen molar-refractivity contribution in [2.45, 2.75) is 13.3 Å². The van der Waals surface area contributed by atoms with Crippen LogP contribution < -0.4 is 34.3 Å². The first kappa shape index (κ1) is 23.0. The maximum Gasteiger partial charge on any atom is 0.195 e. The van der Waals surface area contributed by atoms with Crippen LogP contribution in [-0.2, 0) is 6.42 Å². The second-order valence-corrected chi connectivity index (χ2v) is 6.18. The Labute approximate surface area is 178 Å². The Kier molecular flexibility index (Phi) is 8.93. The second-order valence-electron chi connectivity index (χ2n) is 6.18. The summed E-state index contributed by atoms with van der Waals surface area (Å²) in [6.45, 7) is 3.13. The zero-order chi connectivity index (χ0) is 21.9. The topological polar surface area (TPSA) is 82.6 Å². The van der Waals surface area contributed by atoms with Crippen molar-refractivity contribution in [3.05, 3.63) is 35.9 Å². The second kappa shape index (κ2) is 11.6. The molecule has 2 N–H and O–H groups in total. The van der Waals surface area contributed by atoms with Gasteiger partial charge in [-0.3, -0.25) is 4.99 Å². The van der Waals surface area contributed by atoms with Crippen LogP contribution in [0.3, 0.4) is 0 Å². The van der Waals surface area contributed by atoms with Crippen LogP contribution in [0.5, 0.6) is 28.7 Å². The molecule has 0 aliphatic rings. The fourth-order valence-corrected chi connectivity index (χ4v) is 2.97. The Morgan fingerprint density at radius 2 is 1.53 bits per heavy atom. The van der Waals surface area contributed by atoms with E-state index in [9.17, 15) is 0 Å². The Morgan fingerprint density at radius 1 is 0.867 bits per heavy atom. The smallest absolute Gasteiger partial charge is 0.195 e. The van der Waals surface area contributed by atoms with Crippen LogP contribution in [0.25, 0.3) is 0 Å². The molecular formula is C22H31N3O5. The third-order valence-electron chi connectivity index (χ3n) is 4.43. The van der Waals surface area contributed by atoms with Gasteiger partial charge in [0.2, 0.25) is 0 Å². The number of hydrogen-bond acceptors (Lipinski definition) is 6. The number of aliphatic imine (C=N–C) groups is 1. The molecule has 2 aromatic rings. The van der Waals surface area contributed by atoms with Crippen LogP contribution in [0.2, 0.25) is 0 Å². The van der Waals surface area contributed by atoms with Gasteiger partial charge in [-0.15, -0.1) is 0 Å². The van der Waals surface area contributed by atoms with Crippen molar-refractivity contribution in [1.82, 2.24) is 5.32 Å². The number of nitrogens with one attached hydrogen (secondary N) is 2. The van der Waals surface area contributed by atoms with Gasteiger partial charge in [-0.1, -0.05) is 0 Å². The number of hydrogen-bond donors (Lipinski definition) is 2. The van der Waals surface area contributed by atoms with Crippen LogP contribution in [0.1, 0.15) is 12.5 Å². The highest BCUT2D eigenvalue weighted by Gasteiger charge is 2.13. The highest BCUT2D eigenvalue weighted by atomic mass is 16.5. The number of benzene rings is 2. The summed E-state index contributed by atoms with van der Waals surface area (Å²) in [4.78, 5) is 4.28. The van der Waals surface area contributed by atoms with Gasteiger partial charge >= 0.3 is 0 Å². The van der Waals surface area contributed by atoms with E-state index in [0.717, 1.165) is 11.3 Å². The standard InChI is InChI=1S/C22H31N3O5/c1-7-30-18-9-8-15(12-21(18)29-6)25-22(23-2)24-11-10-17-19(27-4)13-16(26-3)14-20(17)28-5/h8-9,12-14H,7,10-11H2,1-6H3,(H2,23,24,25). The summed E-state index contributed by atoms with van der Waals surface area (Å²) in [6.07, 6.45) is 0.670. The first-order valence-corrected chi connectivity index (χ1v) is 9.67. The van der Waals surface area contributed by atoms with Gasteiger partial charge in [0.15, 0.2) is 17.5 Å². The lowest BCUT2D eigenvalue weighted by atomic mass is 10.1. The third kappa shape index (κ3) is 5.85. The van der Waals surface area contributed by atoms with E-state index >= 15 is 0 Å². The average molecular weight is 418 g/mol. The summed E-state index contributed by atoms with van der Waals surface area (Å²) >= 11 is 0. The molecule has 0 aliphatic carbocycles. The molecule has 0 heterocycles. The Hall–Kier alpha value is -3.29. The molecule has 164 valence electrons. The monoisotopic (exact) mass is 417 g/mol. The molecule has 0 bridgehead atoms. The minimum absolute atomic E-state index is 0.574. The predicted molar refractivity (Wildman–Crippen MR) is 119 cm³/mol. The maximum atomic E-state index is 5.56. The van der Waals surface area contributed by atoms with Gasteiger partial charge in [-0.2, -0.15) is 0 Å². The van der Waals surface area contributed by atoms with Crippen molar-refractivity contribution in [2.24, 2.45) is 4.99 Å². The number of guanidine groups is 1. The third-order valence-corrected chi connectivity index (χ3v) is 4.43. The lowest BCUT2D eigenvalue weighted by molar-refractivity contribution is 0.311. The highest BCUT2D eigenvalue weighted by molar-refractivity contribution is 5.93. The molecule has 0 aromatic heterocycles. The minimum atomic E-state index is 0.574. The van der Waals surface area contributed by atoms with E-state index in [4.69, 9.17) is 23.7 Å². The Morgan fingerprint density at radius 3 is 2.07 bits per heavy atom. The molecule has 0 saturated carbocycles. The first-order chi connectivity index (χ1) is 14.6. The van der Waals surface area contributed by atoms with Gasteiger partial charge < -0.3 is 34.3 Å². The maximum absolute atomic E-state index is 5.56. The van der Waals surface area contributed by atoms with Crippen LogP contribution in [0, 0.1) is 0 Å². The molecule has 0 aliphatic heterocycles. The number of rotatable bonds is 10. The molecule has 0 atom stereocenters. The van der Waals surface area contributed by atoms with Gasteiger partial charge in [0.05, 0.1) is 35.0 Å². The molecule has 2 rings (SSSR count). The molecule has 8 nitrogen and oxygen atoms in total. The molecule has 0 spiro atoms. The summed E-state index contributed by atoms with van der Waals surface area (Å²) in [5.41, 5.74) is 1.79. The number of ether oxygens (including phenoxy) is 5. The van der Waals surface area contributed by atoms with Crippen molar-refractivity contribution < 1.29 is 23.7 Å². The first-order valence-electron chi connectivity index (χ1n) is 9.67. The quantitative estimate of drug-likeness (QED) is 0.453. The van der Waals surface area contributed by atoms with E-state index in [2.05, 4.69) is 15.6 Å². The minimum Gasteiger partial charge on any atom is -0.496 e. The molecule has 0 amide bonds. The molecule has 0 saturated heterocycles. The fraction of sp³-hybridized carbons (Fsp3) is 0.409. The summed E-state index contributed by atoms with van der Waals surface area (Å²) in [6, 6.07) is 9.34. The lowest BCUT2D eigenvalue weighted by Gasteiger charge is -2.17. The van der Waals surface area contributed by atoms with Crippen LogP contribution in [0.4, 0.5) is 5.69 Å². The molecule has 0 unspecified atom stereocenters.